The molecule has 2 N–H and O–H groups in total. The first-order valence-corrected chi connectivity index (χ1v) is 8.71. The van der Waals surface area contributed by atoms with Crippen LogP contribution >= 0.6 is 0 Å². The second-order valence-electron chi connectivity index (χ2n) is 7.60. The average molecular weight is 313 g/mol. The minimum atomic E-state index is -0.761. The third-order valence-electron chi connectivity index (χ3n) is 6.84. The molecule has 1 saturated carbocycles. The molecule has 4 nitrogen and oxygen atoms in total. The van der Waals surface area contributed by atoms with Crippen LogP contribution in [0.4, 0.5) is 0 Å². The van der Waals surface area contributed by atoms with E-state index in [2.05, 4.69) is 11.5 Å². The molecule has 2 aliphatic carbocycles. The van der Waals surface area contributed by atoms with Crippen LogP contribution in [0.5, 0.6) is 11.5 Å². The predicted octanol–water partition coefficient (Wildman–Crippen LogP) is 2.12. The number of likely N-dealkylation sites (tertiary alicyclic amines) is 1. The molecule has 2 bridgehead atoms. The number of aliphatic hydroxyl groups is 1. The molecule has 1 aromatic carbocycles. The van der Waals surface area contributed by atoms with Crippen LogP contribution in [0.1, 0.15) is 36.8 Å². The Labute approximate surface area is 136 Å². The van der Waals surface area contributed by atoms with Crippen molar-refractivity contribution in [2.75, 3.05) is 13.1 Å². The summed E-state index contributed by atoms with van der Waals surface area (Å²) in [6, 6.07) is 3.89. The molecule has 4 aliphatic rings. The van der Waals surface area contributed by atoms with E-state index in [0.29, 0.717) is 5.75 Å². The van der Waals surface area contributed by atoms with Crippen LogP contribution in [-0.2, 0) is 11.8 Å². The van der Waals surface area contributed by atoms with Gasteiger partial charge in [0.25, 0.3) is 0 Å². The molecule has 2 fully saturated rings. The van der Waals surface area contributed by atoms with Crippen LogP contribution in [0.2, 0.25) is 0 Å². The lowest BCUT2D eigenvalue weighted by atomic mass is 9.49. The molecule has 0 amide bonds. The smallest absolute Gasteiger partial charge is 0.165 e. The van der Waals surface area contributed by atoms with Gasteiger partial charge < -0.3 is 14.9 Å². The number of ether oxygens (including phenoxy) is 1. The molecular formula is C19H23NO3. The van der Waals surface area contributed by atoms with E-state index in [-0.39, 0.29) is 23.3 Å². The number of phenolic OH excluding ortho intramolecular Hbond substituents is 1. The Morgan fingerprint density at radius 1 is 1.39 bits per heavy atom. The molecule has 0 radical (unpaired) electrons. The van der Waals surface area contributed by atoms with Crippen molar-refractivity contribution in [2.24, 2.45) is 0 Å². The highest BCUT2D eigenvalue weighted by Crippen LogP contribution is 2.65. The van der Waals surface area contributed by atoms with Gasteiger partial charge in [0.2, 0.25) is 0 Å². The molecule has 1 unspecified atom stereocenters. The summed E-state index contributed by atoms with van der Waals surface area (Å²) in [6.45, 7) is 5.65. The summed E-state index contributed by atoms with van der Waals surface area (Å²) >= 11 is 0. The van der Waals surface area contributed by atoms with Gasteiger partial charge in [-0.05, 0) is 50.3 Å². The summed E-state index contributed by atoms with van der Waals surface area (Å²) in [6.07, 6.45) is 6.41. The minimum Gasteiger partial charge on any atom is -0.504 e. The molecule has 4 heteroatoms. The zero-order valence-electron chi connectivity index (χ0n) is 13.3. The maximum absolute atomic E-state index is 11.9. The van der Waals surface area contributed by atoms with E-state index < -0.39 is 5.60 Å². The first kappa shape index (κ1) is 13.9. The fourth-order valence-electron chi connectivity index (χ4n) is 6.01. The van der Waals surface area contributed by atoms with Crippen molar-refractivity contribution in [3.05, 3.63) is 35.9 Å². The molecular weight excluding hydrogens is 290 g/mol. The van der Waals surface area contributed by atoms with Crippen molar-refractivity contribution in [1.82, 2.24) is 4.90 Å². The van der Waals surface area contributed by atoms with E-state index in [0.717, 1.165) is 50.8 Å². The normalized spacial score (nSPS) is 40.4. The Balaban J connectivity index is 1.78. The molecule has 5 rings (SSSR count). The second kappa shape index (κ2) is 4.31. The van der Waals surface area contributed by atoms with E-state index in [1.54, 1.807) is 6.07 Å². The monoisotopic (exact) mass is 313 g/mol. The minimum absolute atomic E-state index is 0.00280. The third kappa shape index (κ3) is 1.41. The lowest BCUT2D eigenvalue weighted by Gasteiger charge is -2.63. The maximum atomic E-state index is 11.9. The summed E-state index contributed by atoms with van der Waals surface area (Å²) in [5.74, 6) is 0.866. The van der Waals surface area contributed by atoms with Crippen LogP contribution < -0.4 is 4.74 Å². The molecule has 2 heterocycles. The van der Waals surface area contributed by atoms with Crippen LogP contribution in [0.25, 0.3) is 0 Å². The lowest BCUT2D eigenvalue weighted by Crippen LogP contribution is -2.75. The number of aromatic hydroxyl groups is 1. The standard InChI is InChI=1S/C19H23NO3/c1-2-9-20-10-8-18-15-4-3-7-19(18,22)14(20)11-12-5-6-13(21)17(23-15)16(12)18/h2,5-6,14-15,21-22H,1,3-4,7-11H2/t14-,15+,18?,19-/m1/s1. The third-order valence-corrected chi connectivity index (χ3v) is 6.84. The maximum Gasteiger partial charge on any atom is 0.165 e. The van der Waals surface area contributed by atoms with E-state index >= 15 is 0 Å². The Morgan fingerprint density at radius 3 is 3.09 bits per heavy atom. The number of nitrogens with zero attached hydrogens (tertiary/aromatic N) is 1. The molecule has 2 aliphatic heterocycles. The predicted molar refractivity (Wildman–Crippen MR) is 86.9 cm³/mol. The van der Waals surface area contributed by atoms with Crippen LogP contribution in [0.15, 0.2) is 24.8 Å². The van der Waals surface area contributed by atoms with Crippen molar-refractivity contribution in [3.63, 3.8) is 0 Å². The van der Waals surface area contributed by atoms with Crippen LogP contribution in [0, 0.1) is 0 Å². The van der Waals surface area contributed by atoms with Gasteiger partial charge in [0.15, 0.2) is 11.5 Å². The number of hydrogen-bond acceptors (Lipinski definition) is 4. The molecule has 1 aromatic rings. The zero-order chi connectivity index (χ0) is 15.8. The van der Waals surface area contributed by atoms with Crippen molar-refractivity contribution in [2.45, 2.75) is 55.3 Å². The second-order valence-corrected chi connectivity index (χ2v) is 7.60. The Hall–Kier alpha value is -1.52. The molecule has 4 atom stereocenters. The average Bonchev–Trinajstić information content (AvgIpc) is 2.87. The van der Waals surface area contributed by atoms with Crippen molar-refractivity contribution in [1.29, 1.82) is 0 Å². The molecule has 1 saturated heterocycles. The zero-order valence-corrected chi connectivity index (χ0v) is 13.3. The fraction of sp³-hybridized carbons (Fsp3) is 0.579. The molecule has 122 valence electrons. The first-order valence-electron chi connectivity index (χ1n) is 8.71. The van der Waals surface area contributed by atoms with E-state index in [1.165, 1.54) is 5.56 Å². The Kier molecular flexibility index (Phi) is 2.60. The molecule has 1 spiro atoms. The molecule has 0 aromatic heterocycles. The van der Waals surface area contributed by atoms with Gasteiger partial charge in [-0.1, -0.05) is 12.1 Å². The van der Waals surface area contributed by atoms with Crippen molar-refractivity contribution in [3.8, 4) is 11.5 Å². The largest absolute Gasteiger partial charge is 0.504 e. The van der Waals surface area contributed by atoms with Gasteiger partial charge in [-0.2, -0.15) is 0 Å². The lowest BCUT2D eigenvalue weighted by molar-refractivity contribution is -0.183. The highest BCUT2D eigenvalue weighted by molar-refractivity contribution is 5.62. The fourth-order valence-corrected chi connectivity index (χ4v) is 6.01. The number of hydrogen-bond donors (Lipinski definition) is 2. The van der Waals surface area contributed by atoms with Gasteiger partial charge in [-0.15, -0.1) is 6.58 Å². The van der Waals surface area contributed by atoms with Gasteiger partial charge in [-0.25, -0.2) is 0 Å². The van der Waals surface area contributed by atoms with Crippen molar-refractivity contribution < 1.29 is 14.9 Å². The SMILES string of the molecule is C=CCN1CCC23c4c5ccc(O)c4O[C@H]2CCC[C@@]3(O)[C@H]1C5. The number of benzene rings is 1. The van der Waals surface area contributed by atoms with E-state index in [9.17, 15) is 10.2 Å². The van der Waals surface area contributed by atoms with Gasteiger partial charge in [0.05, 0.1) is 11.0 Å². The summed E-state index contributed by atoms with van der Waals surface area (Å²) in [7, 11) is 0. The summed E-state index contributed by atoms with van der Waals surface area (Å²) in [5, 5.41) is 22.2. The first-order chi connectivity index (χ1) is 11.1. The van der Waals surface area contributed by atoms with E-state index in [4.69, 9.17) is 4.74 Å². The number of phenols is 1. The summed E-state index contributed by atoms with van der Waals surface area (Å²) < 4.78 is 6.22. The van der Waals surface area contributed by atoms with Crippen molar-refractivity contribution >= 4 is 0 Å². The summed E-state index contributed by atoms with van der Waals surface area (Å²) in [4.78, 5) is 2.38. The topological polar surface area (TPSA) is 52.9 Å². The molecule has 23 heavy (non-hydrogen) atoms. The highest BCUT2D eigenvalue weighted by Gasteiger charge is 2.70. The number of piperidine rings is 1. The van der Waals surface area contributed by atoms with Gasteiger partial charge in [0, 0.05) is 18.2 Å². The Morgan fingerprint density at radius 2 is 2.26 bits per heavy atom. The number of rotatable bonds is 2. The van der Waals surface area contributed by atoms with Crippen LogP contribution in [0.3, 0.4) is 0 Å². The summed E-state index contributed by atoms with van der Waals surface area (Å²) in [5.41, 5.74) is 1.25. The highest BCUT2D eigenvalue weighted by atomic mass is 16.5. The Bertz CT molecular complexity index is 702. The quantitative estimate of drug-likeness (QED) is 0.821. The van der Waals surface area contributed by atoms with Gasteiger partial charge >= 0.3 is 0 Å². The van der Waals surface area contributed by atoms with E-state index in [1.807, 2.05) is 12.1 Å². The van der Waals surface area contributed by atoms with Gasteiger partial charge in [-0.3, -0.25) is 4.90 Å². The van der Waals surface area contributed by atoms with Crippen LogP contribution in [-0.4, -0.2) is 45.9 Å². The van der Waals surface area contributed by atoms with Gasteiger partial charge in [0.1, 0.15) is 6.10 Å².